The van der Waals surface area contributed by atoms with Gasteiger partial charge in [-0.15, -0.1) is 0 Å². The van der Waals surface area contributed by atoms with Crippen LogP contribution in [-0.4, -0.2) is 31.1 Å². The van der Waals surface area contributed by atoms with Gasteiger partial charge in [-0.05, 0) is 32.9 Å². The van der Waals surface area contributed by atoms with Crippen LogP contribution >= 0.6 is 0 Å². The number of allylic oxidation sites excluding steroid dienone is 1. The van der Waals surface area contributed by atoms with Crippen LogP contribution in [0.5, 0.6) is 0 Å². The fourth-order valence-corrected chi connectivity index (χ4v) is 3.47. The number of sulfonamides is 1. The van der Waals surface area contributed by atoms with Crippen molar-refractivity contribution in [2.24, 2.45) is 0 Å². The average Bonchev–Trinajstić information content (AvgIpc) is 2.62. The van der Waals surface area contributed by atoms with E-state index >= 15 is 0 Å². The first-order valence-corrected chi connectivity index (χ1v) is 7.71. The van der Waals surface area contributed by atoms with Crippen molar-refractivity contribution < 1.29 is 22.0 Å². The molecule has 0 bridgehead atoms. The molecule has 0 N–H and O–H groups in total. The van der Waals surface area contributed by atoms with Crippen LogP contribution in [0.25, 0.3) is 0 Å². The summed E-state index contributed by atoms with van der Waals surface area (Å²) < 4.78 is 52.8. The Morgan fingerprint density at radius 1 is 1.19 bits per heavy atom. The number of alkyl halides is 2. The fourth-order valence-electron chi connectivity index (χ4n) is 2.10. The molecule has 0 unspecified atom stereocenters. The lowest BCUT2D eigenvalue weighted by molar-refractivity contribution is -0.141. The second-order valence-corrected chi connectivity index (χ2v) is 7.05. The Morgan fingerprint density at radius 3 is 2.14 bits per heavy atom. The molecule has 0 atom stereocenters. The lowest BCUT2D eigenvalue weighted by Gasteiger charge is -2.16. The molecule has 4 nitrogen and oxygen atoms in total. The Morgan fingerprint density at radius 2 is 1.71 bits per heavy atom. The molecule has 1 heterocycles. The zero-order valence-electron chi connectivity index (χ0n) is 11.9. The van der Waals surface area contributed by atoms with Gasteiger partial charge in [-0.3, -0.25) is 4.79 Å². The molecule has 2 rings (SSSR count). The maximum Gasteiger partial charge on any atom is 0.349 e. The molecule has 1 fully saturated rings. The number of hydrogen-bond donors (Lipinski definition) is 0. The van der Waals surface area contributed by atoms with Crippen molar-refractivity contribution in [2.45, 2.75) is 31.6 Å². The minimum absolute atomic E-state index is 0.174. The summed E-state index contributed by atoms with van der Waals surface area (Å²) in [5, 5.41) is 0. The summed E-state index contributed by atoms with van der Waals surface area (Å²) in [5.74, 6) is -5.46. The number of hydrogen-bond acceptors (Lipinski definition) is 3. The molecule has 0 saturated carbocycles. The highest BCUT2D eigenvalue weighted by Gasteiger charge is 2.56. The van der Waals surface area contributed by atoms with E-state index in [0.717, 1.165) is 5.56 Å². The van der Waals surface area contributed by atoms with E-state index in [9.17, 15) is 22.0 Å². The summed E-state index contributed by atoms with van der Waals surface area (Å²) in [7, 11) is -4.27. The molecule has 0 radical (unpaired) electrons. The van der Waals surface area contributed by atoms with Crippen molar-refractivity contribution >= 4 is 15.9 Å². The highest BCUT2D eigenvalue weighted by Crippen LogP contribution is 2.38. The van der Waals surface area contributed by atoms with Crippen molar-refractivity contribution in [1.29, 1.82) is 0 Å². The van der Waals surface area contributed by atoms with Crippen molar-refractivity contribution in [3.63, 3.8) is 0 Å². The molecular formula is C14H15F2NO3S. The van der Waals surface area contributed by atoms with E-state index in [1.54, 1.807) is 19.1 Å². The van der Waals surface area contributed by atoms with E-state index in [-0.39, 0.29) is 14.8 Å². The number of amides is 1. The Labute approximate surface area is 122 Å². The van der Waals surface area contributed by atoms with Gasteiger partial charge in [0.2, 0.25) is 0 Å². The summed E-state index contributed by atoms with van der Waals surface area (Å²) in [5.41, 5.74) is 0.621. The number of rotatable bonds is 2. The number of benzene rings is 1. The normalized spacial score (nSPS) is 18.2. The molecule has 114 valence electrons. The van der Waals surface area contributed by atoms with Gasteiger partial charge in [0.1, 0.15) is 0 Å². The van der Waals surface area contributed by atoms with Gasteiger partial charge in [-0.25, -0.2) is 12.7 Å². The summed E-state index contributed by atoms with van der Waals surface area (Å²) in [6, 6.07) is 5.70. The van der Waals surface area contributed by atoms with E-state index in [0.29, 0.717) is 0 Å². The maximum absolute atomic E-state index is 13.9. The van der Waals surface area contributed by atoms with Gasteiger partial charge in [-0.2, -0.15) is 8.78 Å². The second-order valence-electron chi connectivity index (χ2n) is 5.18. The first kappa shape index (κ1) is 15.6. The monoisotopic (exact) mass is 315 g/mol. The van der Waals surface area contributed by atoms with E-state index < -0.39 is 34.0 Å². The molecule has 1 aromatic carbocycles. The fraction of sp³-hybridized carbons (Fsp3) is 0.357. The molecule has 7 heteroatoms. The number of carbonyl (C=O) groups is 1. The molecule has 1 aromatic rings. The zero-order chi connectivity index (χ0) is 16.0. The lowest BCUT2D eigenvalue weighted by Crippen LogP contribution is -2.37. The number of carbonyl (C=O) groups excluding carboxylic acids is 1. The van der Waals surface area contributed by atoms with Crippen LogP contribution in [-0.2, 0) is 14.8 Å². The minimum Gasteiger partial charge on any atom is -0.266 e. The van der Waals surface area contributed by atoms with Gasteiger partial charge in [0.25, 0.3) is 10.0 Å². The highest BCUT2D eigenvalue weighted by atomic mass is 32.2. The van der Waals surface area contributed by atoms with Gasteiger partial charge in [0, 0.05) is 5.57 Å². The average molecular weight is 315 g/mol. The van der Waals surface area contributed by atoms with E-state index in [4.69, 9.17) is 0 Å². The summed E-state index contributed by atoms with van der Waals surface area (Å²) >= 11 is 0. The van der Waals surface area contributed by atoms with Gasteiger partial charge in [0.05, 0.1) is 11.4 Å². The Hall–Kier alpha value is -1.76. The van der Waals surface area contributed by atoms with Crippen molar-refractivity contribution in [2.75, 3.05) is 6.54 Å². The molecule has 1 aliphatic heterocycles. The third-order valence-electron chi connectivity index (χ3n) is 3.39. The standard InChI is InChI=1S/C14H15F2NO3S/c1-9(2)12-8-17(13(18)14(12,15)16)21(19,20)11-6-4-10(3)5-7-11/h4-7H,8H2,1-3H3. The van der Waals surface area contributed by atoms with Crippen LogP contribution < -0.4 is 0 Å². The summed E-state index contributed by atoms with van der Waals surface area (Å²) in [4.78, 5) is 11.6. The first-order chi connectivity index (χ1) is 9.58. The minimum atomic E-state index is -4.27. The van der Waals surface area contributed by atoms with Crippen molar-refractivity contribution in [3.05, 3.63) is 41.0 Å². The van der Waals surface area contributed by atoms with Gasteiger partial charge in [-0.1, -0.05) is 23.3 Å². The Balaban J connectivity index is 2.50. The van der Waals surface area contributed by atoms with Crippen LogP contribution in [0.2, 0.25) is 0 Å². The predicted octanol–water partition coefficient (Wildman–Crippen LogP) is 2.50. The van der Waals surface area contributed by atoms with Crippen molar-refractivity contribution in [1.82, 2.24) is 4.31 Å². The summed E-state index contributed by atoms with van der Waals surface area (Å²) in [6.07, 6.45) is 0. The molecular weight excluding hydrogens is 300 g/mol. The van der Waals surface area contributed by atoms with Gasteiger partial charge < -0.3 is 0 Å². The maximum atomic E-state index is 13.9. The van der Waals surface area contributed by atoms with Crippen LogP contribution in [0.4, 0.5) is 8.78 Å². The number of nitrogens with zero attached hydrogens (tertiary/aromatic N) is 1. The van der Waals surface area contributed by atoms with E-state index in [1.165, 1.54) is 26.0 Å². The first-order valence-electron chi connectivity index (χ1n) is 6.27. The molecule has 1 aliphatic rings. The quantitative estimate of drug-likeness (QED) is 0.788. The van der Waals surface area contributed by atoms with Crippen LogP contribution in [0, 0.1) is 6.92 Å². The zero-order valence-corrected chi connectivity index (χ0v) is 12.7. The third kappa shape index (κ3) is 2.46. The van der Waals surface area contributed by atoms with E-state index in [2.05, 4.69) is 0 Å². The molecule has 0 aliphatic carbocycles. The van der Waals surface area contributed by atoms with Crippen LogP contribution in [0.1, 0.15) is 19.4 Å². The highest BCUT2D eigenvalue weighted by molar-refractivity contribution is 7.89. The van der Waals surface area contributed by atoms with Crippen LogP contribution in [0.15, 0.2) is 40.3 Å². The topological polar surface area (TPSA) is 54.5 Å². The van der Waals surface area contributed by atoms with Gasteiger partial charge in [0.15, 0.2) is 0 Å². The number of aryl methyl sites for hydroxylation is 1. The second kappa shape index (κ2) is 4.91. The largest absolute Gasteiger partial charge is 0.349 e. The smallest absolute Gasteiger partial charge is 0.266 e. The summed E-state index contributed by atoms with van der Waals surface area (Å²) in [6.45, 7) is 4.02. The molecule has 1 amide bonds. The molecule has 0 spiro atoms. The Bertz CT molecular complexity index is 717. The lowest BCUT2D eigenvalue weighted by atomic mass is 10.1. The van der Waals surface area contributed by atoms with E-state index in [1.807, 2.05) is 0 Å². The number of halogens is 2. The van der Waals surface area contributed by atoms with Crippen LogP contribution in [0.3, 0.4) is 0 Å². The molecule has 21 heavy (non-hydrogen) atoms. The predicted molar refractivity (Wildman–Crippen MR) is 73.4 cm³/mol. The van der Waals surface area contributed by atoms with Gasteiger partial charge >= 0.3 is 11.8 Å². The third-order valence-corrected chi connectivity index (χ3v) is 5.13. The van der Waals surface area contributed by atoms with Crippen molar-refractivity contribution in [3.8, 4) is 0 Å². The molecule has 1 saturated heterocycles. The SMILES string of the molecule is CC(C)=C1CN(S(=O)(=O)c2ccc(C)cc2)C(=O)C1(F)F. The Kier molecular flexibility index (Phi) is 3.65. The molecule has 0 aromatic heterocycles.